The highest BCUT2D eigenvalue weighted by molar-refractivity contribution is 5.90. The van der Waals surface area contributed by atoms with Gasteiger partial charge in [0.1, 0.15) is 11.6 Å². The average Bonchev–Trinajstić information content (AvgIpc) is 3.04. The zero-order valence-electron chi connectivity index (χ0n) is 12.4. The lowest BCUT2D eigenvalue weighted by atomic mass is 10.0. The van der Waals surface area contributed by atoms with Crippen molar-refractivity contribution >= 4 is 22.4 Å². The van der Waals surface area contributed by atoms with Gasteiger partial charge in [0.05, 0.1) is 5.52 Å². The van der Waals surface area contributed by atoms with Crippen LogP contribution in [0, 0.1) is 11.3 Å². The number of hydrogen-bond donors (Lipinski definition) is 1. The third-order valence-corrected chi connectivity index (χ3v) is 3.75. The maximum atomic E-state index is 9.43. The summed E-state index contributed by atoms with van der Waals surface area (Å²) >= 11 is 0. The third-order valence-electron chi connectivity index (χ3n) is 3.75. The second-order valence-electron chi connectivity index (χ2n) is 5.08. The van der Waals surface area contributed by atoms with Crippen molar-refractivity contribution in [2.24, 2.45) is 0 Å². The minimum Gasteiger partial charge on any atom is -0.356 e. The molecule has 0 saturated carbocycles. The molecule has 3 heterocycles. The Labute approximate surface area is 132 Å². The maximum absolute atomic E-state index is 9.43. The molecule has 110 valence electrons. The summed E-state index contributed by atoms with van der Waals surface area (Å²) in [5, 5.41) is 17.7. The van der Waals surface area contributed by atoms with Crippen LogP contribution in [0.5, 0.6) is 0 Å². The molecular formula is C17H12N6. The van der Waals surface area contributed by atoms with Gasteiger partial charge in [0.25, 0.3) is 0 Å². The molecule has 0 aliphatic carbocycles. The zero-order valence-corrected chi connectivity index (χ0v) is 12.4. The Morgan fingerprint density at radius 3 is 2.96 bits per heavy atom. The quantitative estimate of drug-likeness (QED) is 0.616. The number of aromatic nitrogens is 4. The normalized spacial score (nSPS) is 10.8. The smallest absolute Gasteiger partial charge is 0.242 e. The van der Waals surface area contributed by atoms with Gasteiger partial charge in [-0.3, -0.25) is 4.98 Å². The van der Waals surface area contributed by atoms with Gasteiger partial charge < -0.3 is 5.32 Å². The summed E-state index contributed by atoms with van der Waals surface area (Å²) in [5.41, 5.74) is 3.92. The molecule has 4 rings (SSSR count). The fraction of sp³-hybridized carbons (Fsp3) is 0.0588. The summed E-state index contributed by atoms with van der Waals surface area (Å²) in [7, 11) is 1.73. The summed E-state index contributed by atoms with van der Waals surface area (Å²) in [6.07, 6.45) is 3.61. The van der Waals surface area contributed by atoms with E-state index in [4.69, 9.17) is 0 Å². The molecule has 0 radical (unpaired) electrons. The van der Waals surface area contributed by atoms with Crippen LogP contribution >= 0.6 is 0 Å². The summed E-state index contributed by atoms with van der Waals surface area (Å²) in [5.74, 6) is 0.416. The fourth-order valence-electron chi connectivity index (χ4n) is 2.68. The Morgan fingerprint density at radius 2 is 2.13 bits per heavy atom. The van der Waals surface area contributed by atoms with Crippen LogP contribution in [0.3, 0.4) is 0 Å². The lowest BCUT2D eigenvalue weighted by Crippen LogP contribution is -2.04. The van der Waals surface area contributed by atoms with Crippen molar-refractivity contribution in [1.29, 1.82) is 5.26 Å². The van der Waals surface area contributed by atoms with Crippen LogP contribution in [0.4, 0.5) is 5.95 Å². The molecule has 4 aromatic rings. The van der Waals surface area contributed by atoms with Crippen molar-refractivity contribution in [2.45, 2.75) is 0 Å². The lowest BCUT2D eigenvalue weighted by Gasteiger charge is -2.05. The molecule has 0 unspecified atom stereocenters. The summed E-state index contributed by atoms with van der Waals surface area (Å²) in [4.78, 5) is 8.57. The molecule has 0 spiro atoms. The van der Waals surface area contributed by atoms with Gasteiger partial charge in [-0.1, -0.05) is 12.1 Å². The lowest BCUT2D eigenvalue weighted by molar-refractivity contribution is 0.903. The van der Waals surface area contributed by atoms with Crippen molar-refractivity contribution in [1.82, 2.24) is 19.6 Å². The second kappa shape index (κ2) is 5.07. The number of benzene rings is 1. The number of rotatable bonds is 2. The van der Waals surface area contributed by atoms with E-state index >= 15 is 0 Å². The van der Waals surface area contributed by atoms with E-state index < -0.39 is 0 Å². The predicted molar refractivity (Wildman–Crippen MR) is 88.0 cm³/mol. The number of anilines is 1. The molecule has 0 saturated heterocycles. The van der Waals surface area contributed by atoms with Gasteiger partial charge in [0, 0.05) is 30.4 Å². The Morgan fingerprint density at radius 1 is 1.22 bits per heavy atom. The molecule has 1 aromatic carbocycles. The number of hydrogen-bond acceptors (Lipinski definition) is 5. The number of fused-ring (bicyclic) bond motifs is 2. The van der Waals surface area contributed by atoms with Crippen molar-refractivity contribution in [3.05, 3.63) is 54.5 Å². The molecule has 23 heavy (non-hydrogen) atoms. The van der Waals surface area contributed by atoms with Crippen LogP contribution in [0.2, 0.25) is 0 Å². The molecule has 0 aliphatic rings. The molecule has 6 nitrogen and oxygen atoms in total. The van der Waals surface area contributed by atoms with Gasteiger partial charge in [-0.15, -0.1) is 5.10 Å². The van der Waals surface area contributed by atoms with Crippen LogP contribution in [0.15, 0.2) is 48.8 Å². The fourth-order valence-corrected chi connectivity index (χ4v) is 2.68. The van der Waals surface area contributed by atoms with E-state index in [2.05, 4.69) is 32.5 Å². The largest absolute Gasteiger partial charge is 0.356 e. The number of nitrogens with zero attached hydrogens (tertiary/aromatic N) is 5. The van der Waals surface area contributed by atoms with Crippen LogP contribution in [0.1, 0.15) is 5.69 Å². The average molecular weight is 300 g/mol. The monoisotopic (exact) mass is 300 g/mol. The Hall–Kier alpha value is -3.46. The van der Waals surface area contributed by atoms with Gasteiger partial charge in [-0.2, -0.15) is 10.2 Å². The minimum absolute atomic E-state index is 0.343. The zero-order chi connectivity index (χ0) is 15.8. The Bertz CT molecular complexity index is 1070. The van der Waals surface area contributed by atoms with E-state index in [1.165, 1.54) is 0 Å². The summed E-state index contributed by atoms with van der Waals surface area (Å²) < 4.78 is 1.68. The summed E-state index contributed by atoms with van der Waals surface area (Å²) in [6.45, 7) is 0. The molecule has 0 bridgehead atoms. The second-order valence-corrected chi connectivity index (χ2v) is 5.08. The van der Waals surface area contributed by atoms with Crippen LogP contribution in [-0.2, 0) is 0 Å². The van der Waals surface area contributed by atoms with Crippen LogP contribution in [-0.4, -0.2) is 26.6 Å². The molecule has 6 heteroatoms. The highest BCUT2D eigenvalue weighted by Crippen LogP contribution is 2.29. The van der Waals surface area contributed by atoms with E-state index in [1.54, 1.807) is 17.8 Å². The number of nitriles is 1. The predicted octanol–water partition coefficient (Wildman–Crippen LogP) is 2.86. The third kappa shape index (κ3) is 2.07. The first kappa shape index (κ1) is 13.2. The van der Waals surface area contributed by atoms with Gasteiger partial charge in [-0.25, -0.2) is 4.52 Å². The van der Waals surface area contributed by atoms with E-state index in [0.717, 1.165) is 22.0 Å². The van der Waals surface area contributed by atoms with Crippen molar-refractivity contribution in [3.8, 4) is 17.2 Å². The highest BCUT2D eigenvalue weighted by atomic mass is 15.3. The Kier molecular flexibility index (Phi) is 2.91. The van der Waals surface area contributed by atoms with Gasteiger partial charge in [-0.05, 0) is 29.8 Å². The topological polar surface area (TPSA) is 78.9 Å². The molecule has 0 amide bonds. The first-order chi connectivity index (χ1) is 11.3. The van der Waals surface area contributed by atoms with Gasteiger partial charge in [0.15, 0.2) is 5.69 Å². The van der Waals surface area contributed by atoms with E-state index in [9.17, 15) is 5.26 Å². The minimum atomic E-state index is 0.343. The maximum Gasteiger partial charge on any atom is 0.242 e. The molecule has 0 fully saturated rings. The molecule has 1 N–H and O–H groups in total. The van der Waals surface area contributed by atoms with Crippen LogP contribution < -0.4 is 5.32 Å². The first-order valence-corrected chi connectivity index (χ1v) is 7.12. The standard InChI is InChI=1S/C17H12N6/c1-19-17-21-15(10-18)16-13(6-8-23(16)22-17)11-4-5-14-12(9-11)3-2-7-20-14/h2-9H,1H3,(H,19,22). The SMILES string of the molecule is CNc1nc(C#N)c2c(-c3ccc4ncccc4c3)ccn2n1. The number of nitrogens with one attached hydrogen (secondary N) is 1. The van der Waals surface area contributed by atoms with Crippen molar-refractivity contribution < 1.29 is 0 Å². The van der Waals surface area contributed by atoms with Gasteiger partial charge >= 0.3 is 0 Å². The highest BCUT2D eigenvalue weighted by Gasteiger charge is 2.13. The summed E-state index contributed by atoms with van der Waals surface area (Å²) in [6, 6.07) is 14.1. The molecule has 0 aliphatic heterocycles. The van der Waals surface area contributed by atoms with E-state index in [1.807, 2.05) is 36.5 Å². The van der Waals surface area contributed by atoms with Crippen molar-refractivity contribution in [3.63, 3.8) is 0 Å². The molecule has 3 aromatic heterocycles. The van der Waals surface area contributed by atoms with Crippen molar-refractivity contribution in [2.75, 3.05) is 12.4 Å². The van der Waals surface area contributed by atoms with E-state index in [0.29, 0.717) is 17.2 Å². The van der Waals surface area contributed by atoms with E-state index in [-0.39, 0.29) is 0 Å². The Balaban J connectivity index is 1.99. The number of pyridine rings is 1. The van der Waals surface area contributed by atoms with Gasteiger partial charge in [0.2, 0.25) is 5.95 Å². The van der Waals surface area contributed by atoms with Crippen LogP contribution in [0.25, 0.3) is 27.5 Å². The molecular weight excluding hydrogens is 288 g/mol. The molecule has 0 atom stereocenters. The first-order valence-electron chi connectivity index (χ1n) is 7.12.